The van der Waals surface area contributed by atoms with Crippen molar-refractivity contribution in [3.8, 4) is 22.9 Å². The molecule has 0 spiro atoms. The molecule has 3 aromatic heterocycles. The van der Waals surface area contributed by atoms with Crippen molar-refractivity contribution in [2.75, 3.05) is 24.9 Å². The molecule has 10 nitrogen and oxygen atoms in total. The van der Waals surface area contributed by atoms with E-state index < -0.39 is 6.04 Å². The van der Waals surface area contributed by atoms with E-state index in [-0.39, 0.29) is 5.91 Å². The zero-order valence-electron chi connectivity index (χ0n) is 19.7. The zero-order chi connectivity index (χ0) is 24.5. The normalized spacial score (nSPS) is 14.8. The molecule has 10 heteroatoms. The molecular formula is C25H24N6O4. The first-order valence-electron chi connectivity index (χ1n) is 10.9. The van der Waals surface area contributed by atoms with Crippen LogP contribution in [0.5, 0.6) is 11.5 Å². The van der Waals surface area contributed by atoms with Crippen molar-refractivity contribution in [1.82, 2.24) is 19.7 Å². The molecule has 178 valence electrons. The second-order valence-corrected chi connectivity index (χ2v) is 7.98. The maximum absolute atomic E-state index is 13.4. The van der Waals surface area contributed by atoms with Crippen LogP contribution in [-0.2, 0) is 4.79 Å². The molecule has 1 unspecified atom stereocenters. The van der Waals surface area contributed by atoms with Crippen molar-refractivity contribution in [1.29, 1.82) is 0 Å². The quantitative estimate of drug-likeness (QED) is 0.429. The molecule has 0 radical (unpaired) electrons. The smallest absolute Gasteiger partial charge is 0.256 e. The molecule has 0 aliphatic carbocycles. The monoisotopic (exact) mass is 472 g/mol. The van der Waals surface area contributed by atoms with E-state index in [9.17, 15) is 4.79 Å². The fourth-order valence-electron chi connectivity index (χ4n) is 4.04. The predicted molar refractivity (Wildman–Crippen MR) is 129 cm³/mol. The third-order valence-corrected chi connectivity index (χ3v) is 5.69. The van der Waals surface area contributed by atoms with E-state index in [2.05, 4.69) is 20.6 Å². The summed E-state index contributed by atoms with van der Waals surface area (Å²) in [7, 11) is 3.15. The number of aromatic nitrogens is 4. The van der Waals surface area contributed by atoms with Gasteiger partial charge in [-0.2, -0.15) is 4.98 Å². The van der Waals surface area contributed by atoms with E-state index in [1.165, 1.54) is 0 Å². The van der Waals surface area contributed by atoms with Crippen molar-refractivity contribution >= 4 is 17.5 Å². The number of carbonyl (C=O) groups is 1. The van der Waals surface area contributed by atoms with E-state index in [1.54, 1.807) is 49.5 Å². The highest BCUT2D eigenvalue weighted by molar-refractivity contribution is 6.05. The van der Waals surface area contributed by atoms with Gasteiger partial charge in [0.05, 0.1) is 31.7 Å². The van der Waals surface area contributed by atoms with E-state index in [0.717, 1.165) is 11.3 Å². The van der Waals surface area contributed by atoms with E-state index in [1.807, 2.05) is 38.1 Å². The second-order valence-electron chi connectivity index (χ2n) is 7.98. The average Bonchev–Trinajstić information content (AvgIpc) is 3.49. The standard InChI is InChI=1S/C25H24N6O4/c1-14-7-9-19(35-14)22-21(24(32)28-17-6-5-11-26-13-17)15(2)27-25-29-23(30-31(22)25)16-8-10-18(33-3)20(12-16)34-4/h5-13,22H,1-4H3,(H,28,32)(H,27,29,30). The van der Waals surface area contributed by atoms with E-state index in [0.29, 0.717) is 46.0 Å². The Balaban J connectivity index is 1.58. The number of allylic oxidation sites excluding steroid dienone is 1. The number of benzene rings is 1. The number of nitrogens with zero attached hydrogens (tertiary/aromatic N) is 4. The second kappa shape index (κ2) is 8.98. The molecule has 4 heterocycles. The Bertz CT molecular complexity index is 1420. The fourth-order valence-corrected chi connectivity index (χ4v) is 4.04. The lowest BCUT2D eigenvalue weighted by molar-refractivity contribution is -0.113. The number of nitrogens with one attached hydrogen (secondary N) is 2. The number of aryl methyl sites for hydroxylation is 1. The molecule has 1 amide bonds. The number of carbonyl (C=O) groups excluding carboxylic acids is 1. The number of pyridine rings is 1. The molecule has 0 bridgehead atoms. The van der Waals surface area contributed by atoms with E-state index >= 15 is 0 Å². The largest absolute Gasteiger partial charge is 0.493 e. The summed E-state index contributed by atoms with van der Waals surface area (Å²) in [6.45, 7) is 3.68. The number of ether oxygens (including phenoxy) is 2. The Morgan fingerprint density at radius 3 is 2.63 bits per heavy atom. The minimum Gasteiger partial charge on any atom is -0.493 e. The number of amides is 1. The maximum atomic E-state index is 13.4. The molecule has 1 aliphatic heterocycles. The Kier molecular flexibility index (Phi) is 5.69. The topological polar surface area (TPSA) is 116 Å². The molecule has 0 fully saturated rings. The molecule has 0 saturated heterocycles. The van der Waals surface area contributed by atoms with Crippen LogP contribution in [-0.4, -0.2) is 39.9 Å². The van der Waals surface area contributed by atoms with Gasteiger partial charge in [-0.15, -0.1) is 5.10 Å². The SMILES string of the molecule is COc1ccc(-c2nc3n(n2)C(c2ccc(C)o2)C(C(=O)Nc2cccnc2)=C(C)N3)cc1OC. The summed E-state index contributed by atoms with van der Waals surface area (Å²) in [6.07, 6.45) is 3.24. The van der Waals surface area contributed by atoms with Gasteiger partial charge in [-0.25, -0.2) is 4.68 Å². The van der Waals surface area contributed by atoms with E-state index in [4.69, 9.17) is 19.0 Å². The van der Waals surface area contributed by atoms with Gasteiger partial charge < -0.3 is 24.5 Å². The summed E-state index contributed by atoms with van der Waals surface area (Å²) in [5.74, 6) is 3.13. The Morgan fingerprint density at radius 2 is 1.94 bits per heavy atom. The Morgan fingerprint density at radius 1 is 1.11 bits per heavy atom. The summed E-state index contributed by atoms with van der Waals surface area (Å²) >= 11 is 0. The van der Waals surface area contributed by atoms with Crippen LogP contribution in [0.1, 0.15) is 24.5 Å². The highest BCUT2D eigenvalue weighted by Crippen LogP contribution is 2.38. The first-order valence-corrected chi connectivity index (χ1v) is 10.9. The van der Waals surface area contributed by atoms with Crippen molar-refractivity contribution in [3.63, 3.8) is 0 Å². The third-order valence-electron chi connectivity index (χ3n) is 5.69. The summed E-state index contributed by atoms with van der Waals surface area (Å²) < 4.78 is 18.4. The van der Waals surface area contributed by atoms with Crippen LogP contribution in [0.3, 0.4) is 0 Å². The first-order chi connectivity index (χ1) is 17.0. The first kappa shape index (κ1) is 22.2. The minimum atomic E-state index is -0.627. The number of hydrogen-bond acceptors (Lipinski definition) is 8. The number of hydrogen-bond donors (Lipinski definition) is 2. The number of methoxy groups -OCH3 is 2. The van der Waals surface area contributed by atoms with Gasteiger partial charge in [0.2, 0.25) is 5.95 Å². The van der Waals surface area contributed by atoms with Crippen LogP contribution < -0.4 is 20.1 Å². The van der Waals surface area contributed by atoms with Gasteiger partial charge in [0.15, 0.2) is 17.3 Å². The molecule has 0 saturated carbocycles. The lowest BCUT2D eigenvalue weighted by Crippen LogP contribution is -2.31. The lowest BCUT2D eigenvalue weighted by Gasteiger charge is -2.27. The third kappa shape index (κ3) is 4.10. The average molecular weight is 473 g/mol. The molecule has 1 aliphatic rings. The van der Waals surface area contributed by atoms with Crippen LogP contribution in [0, 0.1) is 6.92 Å². The number of anilines is 2. The number of furan rings is 1. The predicted octanol–water partition coefficient (Wildman–Crippen LogP) is 4.19. The van der Waals surface area contributed by atoms with Crippen LogP contribution in [0.4, 0.5) is 11.6 Å². The van der Waals surface area contributed by atoms with Crippen LogP contribution in [0.2, 0.25) is 0 Å². The molecular weight excluding hydrogens is 448 g/mol. The van der Waals surface area contributed by atoms with Crippen LogP contribution >= 0.6 is 0 Å². The summed E-state index contributed by atoms with van der Waals surface area (Å²) in [5.41, 5.74) is 2.42. The van der Waals surface area contributed by atoms with Crippen molar-refractivity contribution in [3.05, 3.63) is 77.6 Å². The molecule has 1 aromatic carbocycles. The molecule has 35 heavy (non-hydrogen) atoms. The highest BCUT2D eigenvalue weighted by atomic mass is 16.5. The summed E-state index contributed by atoms with van der Waals surface area (Å²) in [4.78, 5) is 22.2. The number of rotatable bonds is 6. The molecule has 2 N–H and O–H groups in total. The van der Waals surface area contributed by atoms with Crippen molar-refractivity contribution in [2.24, 2.45) is 0 Å². The van der Waals surface area contributed by atoms with Gasteiger partial charge in [-0.1, -0.05) is 0 Å². The Labute approximate surface area is 201 Å². The van der Waals surface area contributed by atoms with Crippen molar-refractivity contribution < 1.29 is 18.7 Å². The summed E-state index contributed by atoms with van der Waals surface area (Å²) in [6, 6.07) is 12.1. The van der Waals surface area contributed by atoms with Gasteiger partial charge in [-0.3, -0.25) is 9.78 Å². The summed E-state index contributed by atoms with van der Waals surface area (Å²) in [5, 5.41) is 10.9. The lowest BCUT2D eigenvalue weighted by atomic mass is 10.00. The fraction of sp³-hybridized carbons (Fsp3) is 0.200. The highest BCUT2D eigenvalue weighted by Gasteiger charge is 2.36. The van der Waals surface area contributed by atoms with Gasteiger partial charge in [0.25, 0.3) is 5.91 Å². The van der Waals surface area contributed by atoms with Gasteiger partial charge in [-0.05, 0) is 56.3 Å². The molecule has 5 rings (SSSR count). The number of fused-ring (bicyclic) bond motifs is 1. The van der Waals surface area contributed by atoms with Crippen molar-refractivity contribution in [2.45, 2.75) is 19.9 Å². The van der Waals surface area contributed by atoms with Gasteiger partial charge >= 0.3 is 0 Å². The van der Waals surface area contributed by atoms with Crippen LogP contribution in [0.15, 0.2) is 70.5 Å². The minimum absolute atomic E-state index is 0.295. The van der Waals surface area contributed by atoms with Gasteiger partial charge in [0.1, 0.15) is 17.6 Å². The maximum Gasteiger partial charge on any atom is 0.256 e. The van der Waals surface area contributed by atoms with Crippen LogP contribution in [0.25, 0.3) is 11.4 Å². The Hall–Kier alpha value is -4.60. The van der Waals surface area contributed by atoms with Gasteiger partial charge in [0, 0.05) is 17.5 Å². The molecule has 4 aromatic rings. The zero-order valence-corrected chi connectivity index (χ0v) is 19.7. The molecule has 1 atom stereocenters.